The van der Waals surface area contributed by atoms with E-state index in [1.807, 2.05) is 6.92 Å². The number of carbonyl (C=O) groups is 2. The zero-order valence-electron chi connectivity index (χ0n) is 11.8. The number of anilines is 1. The van der Waals surface area contributed by atoms with Crippen LogP contribution in [0, 0.1) is 28.9 Å². The van der Waals surface area contributed by atoms with Gasteiger partial charge < -0.3 is 10.1 Å². The van der Waals surface area contributed by atoms with Crippen LogP contribution in [-0.4, -0.2) is 23.4 Å². The van der Waals surface area contributed by atoms with Crippen molar-refractivity contribution >= 4 is 23.3 Å². The maximum Gasteiger partial charge on any atom is 0.309 e. The lowest BCUT2D eigenvalue weighted by molar-refractivity contribution is -0.384. The minimum absolute atomic E-state index is 0.120. The number of nitro groups is 1. The molecule has 0 saturated heterocycles. The SMILES string of the molecule is Cc1cccc([N+](=O)[O-])c1NC(=O)COC(=O)[C@@H]1C[C@@H]1C. The van der Waals surface area contributed by atoms with Gasteiger partial charge in [-0.25, -0.2) is 0 Å². The van der Waals surface area contributed by atoms with Crippen molar-refractivity contribution in [3.63, 3.8) is 0 Å². The third kappa shape index (κ3) is 3.56. The summed E-state index contributed by atoms with van der Waals surface area (Å²) in [7, 11) is 0. The Morgan fingerprint density at radius 2 is 2.14 bits per heavy atom. The average molecular weight is 292 g/mol. The monoisotopic (exact) mass is 292 g/mol. The molecule has 21 heavy (non-hydrogen) atoms. The van der Waals surface area contributed by atoms with E-state index in [4.69, 9.17) is 4.74 Å². The maximum atomic E-state index is 11.8. The molecule has 0 radical (unpaired) electrons. The van der Waals surface area contributed by atoms with Crippen LogP contribution < -0.4 is 5.32 Å². The standard InChI is InChI=1S/C14H16N2O5/c1-8-4-3-5-11(16(19)20)13(8)15-12(17)7-21-14(18)10-6-9(10)2/h3-5,9-10H,6-7H2,1-2H3,(H,15,17)/t9-,10+/m0/s1. The van der Waals surface area contributed by atoms with Gasteiger partial charge >= 0.3 is 5.97 Å². The molecule has 1 aromatic rings. The van der Waals surface area contributed by atoms with Crippen LogP contribution in [0.2, 0.25) is 0 Å². The summed E-state index contributed by atoms with van der Waals surface area (Å²) in [5.74, 6) is -0.797. The van der Waals surface area contributed by atoms with Gasteiger partial charge in [0, 0.05) is 6.07 Å². The second kappa shape index (κ2) is 5.90. The van der Waals surface area contributed by atoms with Crippen molar-refractivity contribution in [1.82, 2.24) is 0 Å². The van der Waals surface area contributed by atoms with E-state index in [0.29, 0.717) is 11.5 Å². The molecule has 2 rings (SSSR count). The van der Waals surface area contributed by atoms with Crippen molar-refractivity contribution in [1.29, 1.82) is 0 Å². The predicted molar refractivity (Wildman–Crippen MR) is 74.7 cm³/mol. The molecule has 112 valence electrons. The summed E-state index contributed by atoms with van der Waals surface area (Å²) in [4.78, 5) is 33.6. The Hall–Kier alpha value is -2.44. The molecule has 2 atom stereocenters. The summed E-state index contributed by atoms with van der Waals surface area (Å²) in [6.07, 6.45) is 0.781. The van der Waals surface area contributed by atoms with Crippen molar-refractivity contribution in [2.24, 2.45) is 11.8 Å². The maximum absolute atomic E-state index is 11.8. The third-order valence-corrected chi connectivity index (χ3v) is 3.47. The molecule has 0 spiro atoms. The highest BCUT2D eigenvalue weighted by Crippen LogP contribution is 2.38. The quantitative estimate of drug-likeness (QED) is 0.508. The van der Waals surface area contributed by atoms with Crippen molar-refractivity contribution < 1.29 is 19.2 Å². The van der Waals surface area contributed by atoms with Crippen LogP contribution in [0.5, 0.6) is 0 Å². The molecule has 7 nitrogen and oxygen atoms in total. The summed E-state index contributed by atoms with van der Waals surface area (Å²) < 4.78 is 4.89. The number of ether oxygens (including phenoxy) is 1. The zero-order chi connectivity index (χ0) is 15.6. The largest absolute Gasteiger partial charge is 0.455 e. The number of esters is 1. The second-order valence-electron chi connectivity index (χ2n) is 5.20. The van der Waals surface area contributed by atoms with Crippen molar-refractivity contribution in [2.75, 3.05) is 11.9 Å². The molecule has 0 aliphatic heterocycles. The van der Waals surface area contributed by atoms with Crippen LogP contribution in [0.4, 0.5) is 11.4 Å². The first-order valence-electron chi connectivity index (χ1n) is 6.60. The first kappa shape index (κ1) is 15.0. The van der Waals surface area contributed by atoms with Crippen LogP contribution in [0.15, 0.2) is 18.2 Å². The lowest BCUT2D eigenvalue weighted by Gasteiger charge is -2.09. The first-order valence-corrected chi connectivity index (χ1v) is 6.60. The van der Waals surface area contributed by atoms with E-state index in [-0.39, 0.29) is 17.3 Å². The fraction of sp³-hybridized carbons (Fsp3) is 0.429. The zero-order valence-corrected chi connectivity index (χ0v) is 11.8. The van der Waals surface area contributed by atoms with E-state index in [0.717, 1.165) is 6.42 Å². The van der Waals surface area contributed by atoms with Gasteiger partial charge in [0.25, 0.3) is 11.6 Å². The van der Waals surface area contributed by atoms with Gasteiger partial charge in [-0.05, 0) is 24.8 Å². The van der Waals surface area contributed by atoms with E-state index >= 15 is 0 Å². The molecule has 1 aromatic carbocycles. The minimum atomic E-state index is -0.589. The fourth-order valence-corrected chi connectivity index (χ4v) is 2.04. The molecule has 1 saturated carbocycles. The molecule has 0 unspecified atom stereocenters. The summed E-state index contributed by atoms with van der Waals surface area (Å²) in [5, 5.41) is 13.4. The molecule has 0 bridgehead atoms. The Morgan fingerprint density at radius 3 is 2.71 bits per heavy atom. The van der Waals surface area contributed by atoms with Gasteiger partial charge in [0.1, 0.15) is 5.69 Å². The summed E-state index contributed by atoms with van der Waals surface area (Å²) in [6.45, 7) is 3.15. The topological polar surface area (TPSA) is 98.5 Å². The second-order valence-corrected chi connectivity index (χ2v) is 5.20. The van der Waals surface area contributed by atoms with E-state index in [2.05, 4.69) is 5.32 Å². The van der Waals surface area contributed by atoms with Crippen molar-refractivity contribution in [2.45, 2.75) is 20.3 Å². The molecule has 1 N–H and O–H groups in total. The van der Waals surface area contributed by atoms with Crippen LogP contribution >= 0.6 is 0 Å². The van der Waals surface area contributed by atoms with Crippen LogP contribution in [-0.2, 0) is 14.3 Å². The number of benzene rings is 1. The number of rotatable bonds is 5. The van der Waals surface area contributed by atoms with Crippen LogP contribution in [0.3, 0.4) is 0 Å². The van der Waals surface area contributed by atoms with Gasteiger partial charge in [0.05, 0.1) is 10.8 Å². The number of aryl methyl sites for hydroxylation is 1. The Labute approximate surface area is 121 Å². The number of carbonyl (C=O) groups excluding carboxylic acids is 2. The van der Waals surface area contributed by atoms with Gasteiger partial charge in [-0.15, -0.1) is 0 Å². The highest BCUT2D eigenvalue weighted by molar-refractivity contribution is 5.95. The Kier molecular flexibility index (Phi) is 4.21. The van der Waals surface area contributed by atoms with Gasteiger partial charge in [0.15, 0.2) is 6.61 Å². The van der Waals surface area contributed by atoms with Gasteiger partial charge in [-0.2, -0.15) is 0 Å². The van der Waals surface area contributed by atoms with E-state index in [1.54, 1.807) is 13.0 Å². The lowest BCUT2D eigenvalue weighted by atomic mass is 10.1. The molecule has 0 aromatic heterocycles. The molecular weight excluding hydrogens is 276 g/mol. The lowest BCUT2D eigenvalue weighted by Crippen LogP contribution is -2.22. The summed E-state index contributed by atoms with van der Waals surface area (Å²) in [5.41, 5.74) is 0.508. The molecule has 1 amide bonds. The van der Waals surface area contributed by atoms with Crippen molar-refractivity contribution in [3.8, 4) is 0 Å². The molecular formula is C14H16N2O5. The van der Waals surface area contributed by atoms with Crippen molar-refractivity contribution in [3.05, 3.63) is 33.9 Å². The fourth-order valence-electron chi connectivity index (χ4n) is 2.04. The number of hydrogen-bond donors (Lipinski definition) is 1. The molecule has 0 heterocycles. The average Bonchev–Trinajstić information content (AvgIpc) is 3.15. The summed E-state index contributed by atoms with van der Waals surface area (Å²) >= 11 is 0. The van der Waals surface area contributed by atoms with Gasteiger partial charge in [-0.3, -0.25) is 19.7 Å². The highest BCUT2D eigenvalue weighted by Gasteiger charge is 2.40. The number of nitrogens with zero attached hydrogens (tertiary/aromatic N) is 1. The molecule has 1 aliphatic rings. The van der Waals surface area contributed by atoms with Gasteiger partial charge in [0.2, 0.25) is 0 Å². The number of nitro benzene ring substituents is 1. The number of hydrogen-bond acceptors (Lipinski definition) is 5. The Morgan fingerprint density at radius 1 is 1.48 bits per heavy atom. The number of amides is 1. The molecule has 7 heteroatoms. The first-order chi connectivity index (χ1) is 9.90. The number of para-hydroxylation sites is 1. The van der Waals surface area contributed by atoms with Crippen LogP contribution in [0.25, 0.3) is 0 Å². The van der Waals surface area contributed by atoms with E-state index < -0.39 is 23.4 Å². The number of nitrogens with one attached hydrogen (secondary N) is 1. The smallest absolute Gasteiger partial charge is 0.309 e. The minimum Gasteiger partial charge on any atom is -0.455 e. The highest BCUT2D eigenvalue weighted by atomic mass is 16.6. The third-order valence-electron chi connectivity index (χ3n) is 3.47. The Bertz CT molecular complexity index is 599. The van der Waals surface area contributed by atoms with E-state index in [1.165, 1.54) is 12.1 Å². The summed E-state index contributed by atoms with van der Waals surface area (Å²) in [6, 6.07) is 4.50. The normalized spacial score (nSPS) is 19.7. The molecule has 1 aliphatic carbocycles. The van der Waals surface area contributed by atoms with Gasteiger partial charge in [-0.1, -0.05) is 19.1 Å². The van der Waals surface area contributed by atoms with Crippen LogP contribution in [0.1, 0.15) is 18.9 Å². The van der Waals surface area contributed by atoms with E-state index in [9.17, 15) is 19.7 Å². The Balaban J connectivity index is 1.96. The molecule has 1 fully saturated rings. The predicted octanol–water partition coefficient (Wildman–Crippen LogP) is 2.04.